The fraction of sp³-hybridized carbons (Fsp3) is 0.273. The number of hydrogen-bond acceptors (Lipinski definition) is 3. The SMILES string of the molecule is CNC(=O)c1ccc(/C=C/C(=O)Nc2ccc(N3CCCC3)c(C)c2)cc1. The first kappa shape index (κ1) is 18.7. The molecule has 5 heteroatoms. The van der Waals surface area contributed by atoms with E-state index in [0.29, 0.717) is 5.56 Å². The van der Waals surface area contributed by atoms with Crippen LogP contribution >= 0.6 is 0 Å². The molecule has 3 rings (SSSR count). The Kier molecular flexibility index (Phi) is 5.91. The van der Waals surface area contributed by atoms with Crippen molar-refractivity contribution in [2.75, 3.05) is 30.4 Å². The minimum atomic E-state index is -0.182. The molecule has 1 aliphatic heterocycles. The molecule has 27 heavy (non-hydrogen) atoms. The van der Waals surface area contributed by atoms with Crippen molar-refractivity contribution >= 4 is 29.3 Å². The molecule has 5 nitrogen and oxygen atoms in total. The highest BCUT2D eigenvalue weighted by molar-refractivity contribution is 6.02. The topological polar surface area (TPSA) is 61.4 Å². The molecule has 2 aromatic carbocycles. The molecule has 1 heterocycles. The Morgan fingerprint density at radius 2 is 1.74 bits per heavy atom. The second kappa shape index (κ2) is 8.54. The lowest BCUT2D eigenvalue weighted by Gasteiger charge is -2.20. The smallest absolute Gasteiger partial charge is 0.251 e. The van der Waals surface area contributed by atoms with Crippen LogP contribution in [0, 0.1) is 6.92 Å². The summed E-state index contributed by atoms with van der Waals surface area (Å²) in [4.78, 5) is 26.1. The van der Waals surface area contributed by atoms with Crippen molar-refractivity contribution in [3.05, 3.63) is 65.2 Å². The number of nitrogens with one attached hydrogen (secondary N) is 2. The van der Waals surface area contributed by atoms with Crippen LogP contribution in [0.5, 0.6) is 0 Å². The van der Waals surface area contributed by atoms with E-state index < -0.39 is 0 Å². The Bertz CT molecular complexity index is 850. The van der Waals surface area contributed by atoms with Gasteiger partial charge >= 0.3 is 0 Å². The second-order valence-electron chi connectivity index (χ2n) is 6.72. The number of aryl methyl sites for hydroxylation is 1. The predicted molar refractivity (Wildman–Crippen MR) is 110 cm³/mol. The Hall–Kier alpha value is -3.08. The maximum absolute atomic E-state index is 12.2. The van der Waals surface area contributed by atoms with E-state index in [-0.39, 0.29) is 11.8 Å². The number of hydrogen-bond donors (Lipinski definition) is 2. The predicted octanol–water partition coefficient (Wildman–Crippen LogP) is 3.61. The first-order chi connectivity index (χ1) is 13.1. The third-order valence-corrected chi connectivity index (χ3v) is 4.74. The quantitative estimate of drug-likeness (QED) is 0.798. The first-order valence-electron chi connectivity index (χ1n) is 9.23. The average Bonchev–Trinajstić information content (AvgIpc) is 3.20. The first-order valence-corrected chi connectivity index (χ1v) is 9.23. The van der Waals surface area contributed by atoms with Gasteiger partial charge in [0.05, 0.1) is 0 Å². The van der Waals surface area contributed by atoms with E-state index in [0.717, 1.165) is 24.3 Å². The fourth-order valence-corrected chi connectivity index (χ4v) is 3.29. The van der Waals surface area contributed by atoms with Gasteiger partial charge in [0.2, 0.25) is 5.91 Å². The van der Waals surface area contributed by atoms with Gasteiger partial charge in [-0.1, -0.05) is 12.1 Å². The summed E-state index contributed by atoms with van der Waals surface area (Å²) in [5.74, 6) is -0.310. The van der Waals surface area contributed by atoms with Crippen LogP contribution in [0.15, 0.2) is 48.5 Å². The van der Waals surface area contributed by atoms with E-state index in [2.05, 4.69) is 28.5 Å². The normalized spacial score (nSPS) is 13.8. The number of amides is 2. The molecule has 0 aromatic heterocycles. The van der Waals surface area contributed by atoms with Gasteiger partial charge < -0.3 is 15.5 Å². The molecule has 2 aromatic rings. The number of carbonyl (C=O) groups excluding carboxylic acids is 2. The zero-order valence-corrected chi connectivity index (χ0v) is 15.8. The molecule has 0 aliphatic carbocycles. The molecule has 2 N–H and O–H groups in total. The standard InChI is InChI=1S/C22H25N3O2/c1-16-15-19(10-11-20(16)25-13-3-4-14-25)24-21(26)12-7-17-5-8-18(9-6-17)22(27)23-2/h5-12,15H,3-4,13-14H2,1-2H3,(H,23,27)(H,24,26)/b12-7+. The van der Waals surface area contributed by atoms with Gasteiger partial charge in [-0.2, -0.15) is 0 Å². The Morgan fingerprint density at radius 3 is 2.37 bits per heavy atom. The second-order valence-corrected chi connectivity index (χ2v) is 6.72. The van der Waals surface area contributed by atoms with E-state index in [4.69, 9.17) is 0 Å². The molecule has 0 bridgehead atoms. The van der Waals surface area contributed by atoms with Gasteiger partial charge in [-0.15, -0.1) is 0 Å². The molecule has 140 valence electrons. The summed E-state index contributed by atoms with van der Waals surface area (Å²) in [6.07, 6.45) is 5.71. The Labute approximate surface area is 160 Å². The molecule has 1 fully saturated rings. The lowest BCUT2D eigenvalue weighted by atomic mass is 10.1. The lowest BCUT2D eigenvalue weighted by molar-refractivity contribution is -0.111. The van der Waals surface area contributed by atoms with Crippen LogP contribution in [0.1, 0.15) is 34.3 Å². The molecule has 0 unspecified atom stereocenters. The van der Waals surface area contributed by atoms with Crippen LogP contribution in [-0.2, 0) is 4.79 Å². The minimum absolute atomic E-state index is 0.129. The zero-order chi connectivity index (χ0) is 19.2. The summed E-state index contributed by atoms with van der Waals surface area (Å²) in [6, 6.07) is 13.1. The van der Waals surface area contributed by atoms with Crippen molar-refractivity contribution in [3.8, 4) is 0 Å². The van der Waals surface area contributed by atoms with Crippen molar-refractivity contribution in [1.82, 2.24) is 5.32 Å². The third kappa shape index (κ3) is 4.76. The molecule has 1 saturated heterocycles. The van der Waals surface area contributed by atoms with Gasteiger partial charge in [0.15, 0.2) is 0 Å². The van der Waals surface area contributed by atoms with E-state index >= 15 is 0 Å². The third-order valence-electron chi connectivity index (χ3n) is 4.74. The zero-order valence-electron chi connectivity index (χ0n) is 15.8. The van der Waals surface area contributed by atoms with Crippen molar-refractivity contribution in [3.63, 3.8) is 0 Å². The molecule has 1 aliphatic rings. The van der Waals surface area contributed by atoms with Crippen LogP contribution in [0.4, 0.5) is 11.4 Å². The van der Waals surface area contributed by atoms with Gasteiger partial charge in [-0.05, 0) is 67.3 Å². The molecule has 2 amide bonds. The van der Waals surface area contributed by atoms with Crippen molar-refractivity contribution in [2.24, 2.45) is 0 Å². The molecule has 0 spiro atoms. The molecule has 0 radical (unpaired) electrons. The van der Waals surface area contributed by atoms with Gasteiger partial charge in [0, 0.05) is 43.2 Å². The number of nitrogens with zero attached hydrogens (tertiary/aromatic N) is 1. The lowest BCUT2D eigenvalue weighted by Crippen LogP contribution is -2.18. The largest absolute Gasteiger partial charge is 0.371 e. The molecule has 0 atom stereocenters. The van der Waals surface area contributed by atoms with Crippen molar-refractivity contribution < 1.29 is 9.59 Å². The van der Waals surface area contributed by atoms with Crippen LogP contribution in [0.3, 0.4) is 0 Å². The minimum Gasteiger partial charge on any atom is -0.371 e. The number of rotatable bonds is 5. The Morgan fingerprint density at radius 1 is 1.04 bits per heavy atom. The summed E-state index contributed by atoms with van der Waals surface area (Å²) in [5.41, 5.74) is 4.66. The number of carbonyl (C=O) groups is 2. The van der Waals surface area contributed by atoms with Crippen LogP contribution < -0.4 is 15.5 Å². The summed E-state index contributed by atoms with van der Waals surface area (Å²) in [7, 11) is 1.60. The highest BCUT2D eigenvalue weighted by atomic mass is 16.2. The summed E-state index contributed by atoms with van der Waals surface area (Å²) in [6.45, 7) is 4.29. The molecular weight excluding hydrogens is 338 g/mol. The van der Waals surface area contributed by atoms with Crippen molar-refractivity contribution in [1.29, 1.82) is 0 Å². The monoisotopic (exact) mass is 363 g/mol. The van der Waals surface area contributed by atoms with E-state index in [1.54, 1.807) is 25.3 Å². The fourth-order valence-electron chi connectivity index (χ4n) is 3.29. The Balaban J connectivity index is 1.61. The van der Waals surface area contributed by atoms with Gasteiger partial charge in [-0.3, -0.25) is 9.59 Å². The van der Waals surface area contributed by atoms with Crippen LogP contribution in [-0.4, -0.2) is 32.0 Å². The maximum atomic E-state index is 12.2. The van der Waals surface area contributed by atoms with E-state index in [1.807, 2.05) is 24.3 Å². The number of benzene rings is 2. The van der Waals surface area contributed by atoms with Gasteiger partial charge in [0.25, 0.3) is 5.91 Å². The maximum Gasteiger partial charge on any atom is 0.251 e. The molecule has 0 saturated carbocycles. The number of anilines is 2. The van der Waals surface area contributed by atoms with E-state index in [1.165, 1.54) is 30.2 Å². The summed E-state index contributed by atoms with van der Waals surface area (Å²) < 4.78 is 0. The summed E-state index contributed by atoms with van der Waals surface area (Å²) in [5, 5.41) is 5.48. The van der Waals surface area contributed by atoms with Crippen LogP contribution in [0.2, 0.25) is 0 Å². The van der Waals surface area contributed by atoms with E-state index in [9.17, 15) is 9.59 Å². The van der Waals surface area contributed by atoms with Gasteiger partial charge in [-0.25, -0.2) is 0 Å². The summed E-state index contributed by atoms with van der Waals surface area (Å²) >= 11 is 0. The van der Waals surface area contributed by atoms with Gasteiger partial charge in [0.1, 0.15) is 0 Å². The van der Waals surface area contributed by atoms with Crippen molar-refractivity contribution in [2.45, 2.75) is 19.8 Å². The highest BCUT2D eigenvalue weighted by Gasteiger charge is 2.14. The highest BCUT2D eigenvalue weighted by Crippen LogP contribution is 2.26. The molecular formula is C22H25N3O2. The van der Waals surface area contributed by atoms with Crippen LogP contribution in [0.25, 0.3) is 6.08 Å². The average molecular weight is 363 g/mol.